The van der Waals surface area contributed by atoms with Gasteiger partial charge in [0.25, 0.3) is 0 Å². The average Bonchev–Trinajstić information content (AvgIpc) is 2.14. The van der Waals surface area contributed by atoms with Crippen LogP contribution in [0.2, 0.25) is 0 Å². The van der Waals surface area contributed by atoms with Crippen molar-refractivity contribution in [2.75, 3.05) is 0 Å². The number of hydrogen-bond donors (Lipinski definition) is 0. The predicted octanol–water partition coefficient (Wildman–Crippen LogP) is 2.02. The number of oxime groups is 1. The van der Waals surface area contributed by atoms with Gasteiger partial charge in [-0.3, -0.25) is 9.97 Å². The van der Waals surface area contributed by atoms with Crippen LogP contribution in [0.1, 0.15) is 33.4 Å². The molecule has 0 fully saturated rings. The molecule has 1 heterocycles. The normalized spacial score (nSPS) is 12.7. The van der Waals surface area contributed by atoms with E-state index in [2.05, 4.69) is 15.1 Å². The predicted molar refractivity (Wildman–Crippen MR) is 55.1 cm³/mol. The second-order valence-corrected chi connectivity index (χ2v) is 3.97. The highest BCUT2D eigenvalue weighted by Gasteiger charge is 2.10. The first-order chi connectivity index (χ1) is 6.49. The van der Waals surface area contributed by atoms with Crippen LogP contribution >= 0.6 is 0 Å². The molecule has 1 aromatic rings. The lowest BCUT2D eigenvalue weighted by molar-refractivity contribution is 0.000916. The third-order valence-electron chi connectivity index (χ3n) is 1.39. The summed E-state index contributed by atoms with van der Waals surface area (Å²) in [5, 5.41) is 3.98. The summed E-state index contributed by atoms with van der Waals surface area (Å²) in [4.78, 5) is 13.3. The molecule has 0 aliphatic carbocycles. The van der Waals surface area contributed by atoms with Gasteiger partial charge in [-0.1, -0.05) is 5.16 Å². The number of rotatable bonds is 2. The number of aromatic nitrogens is 2. The van der Waals surface area contributed by atoms with Gasteiger partial charge >= 0.3 is 0 Å². The Morgan fingerprint density at radius 3 is 2.57 bits per heavy atom. The van der Waals surface area contributed by atoms with Crippen LogP contribution in [0.3, 0.4) is 0 Å². The minimum absolute atomic E-state index is 0.274. The fourth-order valence-corrected chi connectivity index (χ4v) is 0.738. The van der Waals surface area contributed by atoms with Crippen LogP contribution in [0.25, 0.3) is 0 Å². The molecule has 0 radical (unpaired) electrons. The molecule has 0 unspecified atom stereocenters. The van der Waals surface area contributed by atoms with Gasteiger partial charge in [0.2, 0.25) is 0 Å². The Kier molecular flexibility index (Phi) is 3.17. The molecule has 0 aliphatic rings. The summed E-state index contributed by atoms with van der Waals surface area (Å²) in [6.45, 7) is 7.68. The summed E-state index contributed by atoms with van der Waals surface area (Å²) in [5.41, 5.74) is 1.19. The molecule has 1 aromatic heterocycles. The molecular formula is C10H15N3O. The molecule has 0 amide bonds. The van der Waals surface area contributed by atoms with Crippen molar-refractivity contribution < 1.29 is 4.84 Å². The lowest BCUT2D eigenvalue weighted by Gasteiger charge is -2.15. The third-order valence-corrected chi connectivity index (χ3v) is 1.39. The fraction of sp³-hybridized carbons (Fsp3) is 0.500. The SMILES string of the molecule is CC(=NOC(C)(C)C)c1cnccn1. The summed E-state index contributed by atoms with van der Waals surface area (Å²) in [6.07, 6.45) is 4.91. The fourth-order valence-electron chi connectivity index (χ4n) is 0.738. The van der Waals surface area contributed by atoms with Crippen molar-refractivity contribution in [1.29, 1.82) is 0 Å². The molecule has 4 heteroatoms. The maximum atomic E-state index is 5.27. The van der Waals surface area contributed by atoms with Crippen molar-refractivity contribution in [1.82, 2.24) is 9.97 Å². The highest BCUT2D eigenvalue weighted by atomic mass is 16.6. The van der Waals surface area contributed by atoms with E-state index in [0.29, 0.717) is 0 Å². The van der Waals surface area contributed by atoms with Crippen molar-refractivity contribution in [3.63, 3.8) is 0 Å². The lowest BCUT2D eigenvalue weighted by Crippen LogP contribution is -2.16. The van der Waals surface area contributed by atoms with Crippen molar-refractivity contribution in [3.05, 3.63) is 24.3 Å². The highest BCUT2D eigenvalue weighted by molar-refractivity contribution is 5.96. The van der Waals surface area contributed by atoms with E-state index in [4.69, 9.17) is 4.84 Å². The second-order valence-electron chi connectivity index (χ2n) is 3.97. The standard InChI is InChI=1S/C10H15N3O/c1-8(13-14-10(2,3)4)9-7-11-5-6-12-9/h5-7H,1-4H3. The van der Waals surface area contributed by atoms with Crippen molar-refractivity contribution >= 4 is 5.71 Å². The van der Waals surface area contributed by atoms with Gasteiger partial charge in [0, 0.05) is 12.4 Å². The number of nitrogens with zero attached hydrogens (tertiary/aromatic N) is 3. The molecule has 0 saturated heterocycles. The summed E-state index contributed by atoms with van der Waals surface area (Å²) in [7, 11) is 0. The Balaban J connectivity index is 2.71. The first-order valence-corrected chi connectivity index (χ1v) is 4.48. The zero-order valence-electron chi connectivity index (χ0n) is 8.98. The maximum absolute atomic E-state index is 5.27. The molecule has 0 bridgehead atoms. The summed E-state index contributed by atoms with van der Waals surface area (Å²) in [5.74, 6) is 0. The van der Waals surface area contributed by atoms with Crippen molar-refractivity contribution in [2.24, 2.45) is 5.16 Å². The molecule has 0 saturated carbocycles. The topological polar surface area (TPSA) is 47.4 Å². The van der Waals surface area contributed by atoms with Crippen LogP contribution < -0.4 is 0 Å². The van der Waals surface area contributed by atoms with Crippen LogP contribution in [0.15, 0.2) is 23.7 Å². The van der Waals surface area contributed by atoms with Gasteiger partial charge in [0.05, 0.1) is 6.20 Å². The molecule has 0 aliphatic heterocycles. The van der Waals surface area contributed by atoms with Crippen LogP contribution in [0, 0.1) is 0 Å². The van der Waals surface area contributed by atoms with E-state index in [-0.39, 0.29) is 5.60 Å². The molecule has 0 atom stereocenters. The summed E-state index contributed by atoms with van der Waals surface area (Å²) in [6, 6.07) is 0. The molecule has 76 valence electrons. The van der Waals surface area contributed by atoms with Crippen molar-refractivity contribution in [2.45, 2.75) is 33.3 Å². The van der Waals surface area contributed by atoms with Crippen molar-refractivity contribution in [3.8, 4) is 0 Å². The average molecular weight is 193 g/mol. The monoisotopic (exact) mass is 193 g/mol. The molecule has 0 spiro atoms. The van der Waals surface area contributed by atoms with Crippen LogP contribution in [-0.4, -0.2) is 21.3 Å². The Labute approximate surface area is 84.0 Å². The van der Waals surface area contributed by atoms with Gasteiger partial charge < -0.3 is 4.84 Å². The van der Waals surface area contributed by atoms with Gasteiger partial charge in [-0.25, -0.2) is 0 Å². The first kappa shape index (κ1) is 10.6. The Bertz CT molecular complexity index is 314. The smallest absolute Gasteiger partial charge is 0.129 e. The minimum atomic E-state index is -0.274. The van der Waals surface area contributed by atoms with Gasteiger partial charge in [-0.2, -0.15) is 0 Å². The van der Waals surface area contributed by atoms with E-state index in [9.17, 15) is 0 Å². The van der Waals surface area contributed by atoms with Crippen LogP contribution in [0.4, 0.5) is 0 Å². The highest BCUT2D eigenvalue weighted by Crippen LogP contribution is 2.08. The largest absolute Gasteiger partial charge is 0.390 e. The molecule has 0 N–H and O–H groups in total. The van der Waals surface area contributed by atoms with E-state index < -0.39 is 0 Å². The van der Waals surface area contributed by atoms with Gasteiger partial charge in [0.1, 0.15) is 17.0 Å². The van der Waals surface area contributed by atoms with E-state index >= 15 is 0 Å². The first-order valence-electron chi connectivity index (χ1n) is 4.48. The summed E-state index contributed by atoms with van der Waals surface area (Å²) >= 11 is 0. The minimum Gasteiger partial charge on any atom is -0.390 e. The zero-order valence-corrected chi connectivity index (χ0v) is 8.98. The van der Waals surface area contributed by atoms with E-state index in [1.165, 1.54) is 0 Å². The lowest BCUT2D eigenvalue weighted by atomic mass is 10.2. The Morgan fingerprint density at radius 2 is 2.07 bits per heavy atom. The van der Waals surface area contributed by atoms with Crippen LogP contribution in [-0.2, 0) is 4.84 Å². The van der Waals surface area contributed by atoms with E-state index in [1.807, 2.05) is 27.7 Å². The number of hydrogen-bond acceptors (Lipinski definition) is 4. The molecule has 0 aromatic carbocycles. The molecule has 14 heavy (non-hydrogen) atoms. The molecular weight excluding hydrogens is 178 g/mol. The maximum Gasteiger partial charge on any atom is 0.129 e. The van der Waals surface area contributed by atoms with E-state index in [0.717, 1.165) is 11.4 Å². The Hall–Kier alpha value is -1.45. The van der Waals surface area contributed by atoms with Crippen LogP contribution in [0.5, 0.6) is 0 Å². The van der Waals surface area contributed by atoms with Gasteiger partial charge in [-0.15, -0.1) is 0 Å². The summed E-state index contributed by atoms with van der Waals surface area (Å²) < 4.78 is 0. The van der Waals surface area contributed by atoms with Gasteiger partial charge in [-0.05, 0) is 27.7 Å². The molecule has 4 nitrogen and oxygen atoms in total. The van der Waals surface area contributed by atoms with Gasteiger partial charge in [0.15, 0.2) is 0 Å². The molecule has 1 rings (SSSR count). The quantitative estimate of drug-likeness (QED) is 0.533. The third kappa shape index (κ3) is 3.51. The Morgan fingerprint density at radius 1 is 1.36 bits per heavy atom. The second kappa shape index (κ2) is 4.17. The van der Waals surface area contributed by atoms with E-state index in [1.54, 1.807) is 18.6 Å². The zero-order chi connectivity index (χ0) is 10.6.